The predicted molar refractivity (Wildman–Crippen MR) is 78.3 cm³/mol. The normalized spacial score (nSPS) is 11.4. The number of ether oxygens (including phenoxy) is 1. The molecule has 0 fully saturated rings. The number of aromatic amines is 1. The van der Waals surface area contributed by atoms with Crippen LogP contribution in [0.5, 0.6) is 5.75 Å². The minimum Gasteiger partial charge on any atom is -0.494 e. The van der Waals surface area contributed by atoms with Crippen molar-refractivity contribution in [1.29, 1.82) is 0 Å². The molecule has 0 atom stereocenters. The van der Waals surface area contributed by atoms with E-state index in [1.807, 2.05) is 0 Å². The van der Waals surface area contributed by atoms with E-state index in [4.69, 9.17) is 9.84 Å². The topological polar surface area (TPSA) is 79.4 Å². The van der Waals surface area contributed by atoms with Gasteiger partial charge in [0.25, 0.3) is 0 Å². The minimum atomic E-state index is -4.49. The van der Waals surface area contributed by atoms with E-state index in [0.29, 0.717) is 11.3 Å². The van der Waals surface area contributed by atoms with Crippen LogP contribution in [0.15, 0.2) is 24.3 Å². The van der Waals surface area contributed by atoms with Crippen LogP contribution in [0.25, 0.3) is 0 Å². The first-order valence-electron chi connectivity index (χ1n) is 6.84. The average Bonchev–Trinajstić information content (AvgIpc) is 2.81. The molecule has 2 aromatic rings. The molecule has 0 saturated carbocycles. The highest BCUT2D eigenvalue weighted by Gasteiger charge is 2.30. The van der Waals surface area contributed by atoms with Crippen LogP contribution in [0.1, 0.15) is 32.9 Å². The van der Waals surface area contributed by atoms with E-state index in [1.54, 1.807) is 6.92 Å². The van der Waals surface area contributed by atoms with Crippen LogP contribution in [0.2, 0.25) is 0 Å². The fourth-order valence-electron chi connectivity index (χ4n) is 2.32. The van der Waals surface area contributed by atoms with Crippen molar-refractivity contribution in [3.05, 3.63) is 52.3 Å². The molecular formula is C16H14F3NO4. The maximum atomic E-state index is 12.6. The number of benzene rings is 1. The third kappa shape index (κ3) is 3.42. The average molecular weight is 341 g/mol. The molecule has 0 saturated heterocycles. The lowest BCUT2D eigenvalue weighted by atomic mass is 10.0. The molecule has 2 N–H and O–H groups in total. The number of rotatable bonds is 5. The molecule has 1 aromatic heterocycles. The van der Waals surface area contributed by atoms with Gasteiger partial charge >= 0.3 is 12.1 Å². The van der Waals surface area contributed by atoms with Crippen LogP contribution in [0, 0.1) is 6.92 Å². The van der Waals surface area contributed by atoms with Crippen molar-refractivity contribution >= 4 is 11.8 Å². The number of aromatic nitrogens is 1. The highest BCUT2D eigenvalue weighted by Crippen LogP contribution is 2.31. The standard InChI is InChI=1S/C16H14F3NO4/c1-8-11(7-12(21)22)20-13(15(8)24-2)14(23)9-3-5-10(6-4-9)16(17,18)19/h3-6,20H,7H2,1-2H3,(H,21,22). The zero-order valence-corrected chi connectivity index (χ0v) is 12.8. The number of hydrogen-bond acceptors (Lipinski definition) is 3. The molecule has 1 aromatic carbocycles. The third-order valence-corrected chi connectivity index (χ3v) is 3.53. The van der Waals surface area contributed by atoms with Crippen LogP contribution in [-0.4, -0.2) is 29.0 Å². The second-order valence-electron chi connectivity index (χ2n) is 5.11. The Bertz CT molecular complexity index is 776. The van der Waals surface area contributed by atoms with Crippen molar-refractivity contribution in [3.8, 4) is 5.75 Å². The first kappa shape index (κ1) is 17.6. The Morgan fingerprint density at radius 2 is 1.79 bits per heavy atom. The van der Waals surface area contributed by atoms with Gasteiger partial charge in [-0.3, -0.25) is 9.59 Å². The van der Waals surface area contributed by atoms with Gasteiger partial charge in [0.05, 0.1) is 19.1 Å². The third-order valence-electron chi connectivity index (χ3n) is 3.53. The largest absolute Gasteiger partial charge is 0.494 e. The maximum absolute atomic E-state index is 12.6. The highest BCUT2D eigenvalue weighted by atomic mass is 19.4. The van der Waals surface area contributed by atoms with Gasteiger partial charge in [-0.05, 0) is 19.1 Å². The molecule has 0 aliphatic carbocycles. The van der Waals surface area contributed by atoms with Crippen molar-refractivity contribution in [2.75, 3.05) is 7.11 Å². The summed E-state index contributed by atoms with van der Waals surface area (Å²) in [6.45, 7) is 1.59. The molecule has 0 bridgehead atoms. The lowest BCUT2D eigenvalue weighted by Crippen LogP contribution is -2.08. The van der Waals surface area contributed by atoms with Crippen LogP contribution >= 0.6 is 0 Å². The zero-order valence-electron chi connectivity index (χ0n) is 12.8. The van der Waals surface area contributed by atoms with Crippen LogP contribution in [-0.2, 0) is 17.4 Å². The number of aliphatic carboxylic acids is 1. The quantitative estimate of drug-likeness (QED) is 0.819. The van der Waals surface area contributed by atoms with E-state index < -0.39 is 23.5 Å². The first-order chi connectivity index (χ1) is 11.1. The van der Waals surface area contributed by atoms with Gasteiger partial charge < -0.3 is 14.8 Å². The second-order valence-corrected chi connectivity index (χ2v) is 5.11. The fraction of sp³-hybridized carbons (Fsp3) is 0.250. The van der Waals surface area contributed by atoms with Gasteiger partial charge in [0.2, 0.25) is 5.78 Å². The SMILES string of the molecule is COc1c(C(=O)c2ccc(C(F)(F)F)cc2)[nH]c(CC(=O)O)c1C. The summed E-state index contributed by atoms with van der Waals surface area (Å²) in [5, 5.41) is 8.87. The fourth-order valence-corrected chi connectivity index (χ4v) is 2.32. The number of carboxylic acids is 1. The zero-order chi connectivity index (χ0) is 18.1. The number of ketones is 1. The van der Waals surface area contributed by atoms with Crippen molar-refractivity contribution < 1.29 is 32.6 Å². The lowest BCUT2D eigenvalue weighted by Gasteiger charge is -2.07. The molecule has 24 heavy (non-hydrogen) atoms. The monoisotopic (exact) mass is 341 g/mol. The second kappa shape index (κ2) is 6.38. The Labute approximate surface area is 135 Å². The summed E-state index contributed by atoms with van der Waals surface area (Å²) in [5.74, 6) is -1.49. The Kier molecular flexibility index (Phi) is 4.68. The number of hydrogen-bond donors (Lipinski definition) is 2. The molecule has 128 valence electrons. The van der Waals surface area contributed by atoms with E-state index in [0.717, 1.165) is 24.3 Å². The van der Waals surface area contributed by atoms with Crippen LogP contribution < -0.4 is 4.74 Å². The van der Waals surface area contributed by atoms with Gasteiger partial charge in [-0.2, -0.15) is 13.2 Å². The molecular weight excluding hydrogens is 327 g/mol. The smallest absolute Gasteiger partial charge is 0.416 e. The summed E-state index contributed by atoms with van der Waals surface area (Å²) >= 11 is 0. The Morgan fingerprint density at radius 3 is 2.25 bits per heavy atom. The van der Waals surface area contributed by atoms with E-state index >= 15 is 0 Å². The molecule has 0 radical (unpaired) electrons. The molecule has 0 spiro atoms. The number of methoxy groups -OCH3 is 1. The number of alkyl halides is 3. The predicted octanol–water partition coefficient (Wildman–Crippen LogP) is 3.21. The Morgan fingerprint density at radius 1 is 1.21 bits per heavy atom. The molecule has 2 rings (SSSR count). The van der Waals surface area contributed by atoms with Crippen LogP contribution in [0.4, 0.5) is 13.2 Å². The van der Waals surface area contributed by atoms with Crippen LogP contribution in [0.3, 0.4) is 0 Å². The summed E-state index contributed by atoms with van der Waals surface area (Å²) < 4.78 is 42.9. The van der Waals surface area contributed by atoms with E-state index in [-0.39, 0.29) is 23.4 Å². The van der Waals surface area contributed by atoms with Gasteiger partial charge in [0.15, 0.2) is 5.75 Å². The molecule has 0 aliphatic heterocycles. The Balaban J connectivity index is 2.40. The number of H-pyrrole nitrogens is 1. The Hall–Kier alpha value is -2.77. The van der Waals surface area contributed by atoms with Gasteiger partial charge in [0.1, 0.15) is 5.69 Å². The van der Waals surface area contributed by atoms with E-state index in [2.05, 4.69) is 4.98 Å². The summed E-state index contributed by atoms with van der Waals surface area (Å²) in [6, 6.07) is 3.76. The van der Waals surface area contributed by atoms with Crippen molar-refractivity contribution in [2.45, 2.75) is 19.5 Å². The molecule has 0 unspecified atom stereocenters. The molecule has 5 nitrogen and oxygen atoms in total. The van der Waals surface area contributed by atoms with Crippen molar-refractivity contribution in [1.82, 2.24) is 4.98 Å². The molecule has 0 aliphatic rings. The summed E-state index contributed by atoms with van der Waals surface area (Å²) in [4.78, 5) is 26.0. The number of halogens is 3. The van der Waals surface area contributed by atoms with E-state index in [9.17, 15) is 22.8 Å². The lowest BCUT2D eigenvalue weighted by molar-refractivity contribution is -0.138. The number of carbonyl (C=O) groups excluding carboxylic acids is 1. The van der Waals surface area contributed by atoms with Crippen molar-refractivity contribution in [2.24, 2.45) is 0 Å². The minimum absolute atomic E-state index is 0.00556. The maximum Gasteiger partial charge on any atom is 0.416 e. The summed E-state index contributed by atoms with van der Waals surface area (Å²) in [5.41, 5.74) is -0.0551. The van der Waals surface area contributed by atoms with Gasteiger partial charge in [-0.25, -0.2) is 0 Å². The van der Waals surface area contributed by atoms with E-state index in [1.165, 1.54) is 7.11 Å². The number of carbonyl (C=O) groups is 2. The number of nitrogens with one attached hydrogen (secondary N) is 1. The number of carboxylic acid groups (broad SMARTS) is 1. The van der Waals surface area contributed by atoms with Crippen molar-refractivity contribution in [3.63, 3.8) is 0 Å². The first-order valence-corrected chi connectivity index (χ1v) is 6.84. The molecule has 0 amide bonds. The summed E-state index contributed by atoms with van der Waals surface area (Å²) in [7, 11) is 1.32. The van der Waals surface area contributed by atoms with Gasteiger partial charge in [-0.15, -0.1) is 0 Å². The molecule has 1 heterocycles. The summed E-state index contributed by atoms with van der Waals surface area (Å²) in [6.07, 6.45) is -4.82. The molecule has 8 heteroatoms. The van der Waals surface area contributed by atoms with Gasteiger partial charge in [-0.1, -0.05) is 12.1 Å². The van der Waals surface area contributed by atoms with Gasteiger partial charge in [0, 0.05) is 16.8 Å². The highest BCUT2D eigenvalue weighted by molar-refractivity contribution is 6.10.